The van der Waals surface area contributed by atoms with Gasteiger partial charge in [-0.1, -0.05) is 18.2 Å². The van der Waals surface area contributed by atoms with Gasteiger partial charge >= 0.3 is 0 Å². The maximum absolute atomic E-state index is 5.43. The van der Waals surface area contributed by atoms with Gasteiger partial charge in [0, 0.05) is 43.0 Å². The summed E-state index contributed by atoms with van der Waals surface area (Å²) < 4.78 is 7.39. The molecule has 1 aliphatic heterocycles. The van der Waals surface area contributed by atoms with E-state index in [2.05, 4.69) is 30.1 Å². The Balaban J connectivity index is 1.34. The Morgan fingerprint density at radius 1 is 0.889 bits per heavy atom. The molecule has 8 nitrogen and oxygen atoms in total. The van der Waals surface area contributed by atoms with Crippen molar-refractivity contribution in [3.8, 4) is 22.8 Å². The highest BCUT2D eigenvalue weighted by atomic mass is 16.5. The maximum Gasteiger partial charge on any atom is 0.266 e. The van der Waals surface area contributed by atoms with Crippen molar-refractivity contribution in [3.05, 3.63) is 60.7 Å². The number of aromatic nitrogens is 6. The third-order valence-electron chi connectivity index (χ3n) is 4.57. The fraction of sp³-hybridized carbons (Fsp3) is 0.211. The van der Waals surface area contributed by atoms with Crippen LogP contribution in [0, 0.1) is 0 Å². The van der Waals surface area contributed by atoms with Crippen LogP contribution in [0.3, 0.4) is 0 Å². The molecule has 0 N–H and O–H groups in total. The minimum atomic E-state index is 0.532. The molecule has 1 aliphatic rings. The Morgan fingerprint density at radius 3 is 2.63 bits per heavy atom. The van der Waals surface area contributed by atoms with Crippen LogP contribution in [-0.2, 0) is 13.0 Å². The van der Waals surface area contributed by atoms with Crippen molar-refractivity contribution < 1.29 is 4.52 Å². The molecule has 5 rings (SSSR count). The van der Waals surface area contributed by atoms with E-state index in [1.54, 1.807) is 12.4 Å². The lowest BCUT2D eigenvalue weighted by Gasteiger charge is -2.16. The van der Waals surface area contributed by atoms with E-state index in [0.29, 0.717) is 11.8 Å². The van der Waals surface area contributed by atoms with Gasteiger partial charge in [0.2, 0.25) is 0 Å². The van der Waals surface area contributed by atoms with Gasteiger partial charge in [-0.05, 0) is 29.4 Å². The van der Waals surface area contributed by atoms with Gasteiger partial charge < -0.3 is 9.42 Å². The molecular formula is C19H17N7O. The molecule has 0 bridgehead atoms. The largest absolute Gasteiger partial charge is 0.336 e. The molecule has 0 radical (unpaired) electrons. The molecule has 0 amide bonds. The Bertz CT molecular complexity index is 1020. The predicted octanol–water partition coefficient (Wildman–Crippen LogP) is 2.45. The zero-order valence-electron chi connectivity index (χ0n) is 14.6. The number of pyridine rings is 1. The van der Waals surface area contributed by atoms with E-state index in [4.69, 9.17) is 4.52 Å². The third kappa shape index (κ3) is 3.05. The van der Waals surface area contributed by atoms with E-state index in [9.17, 15) is 0 Å². The molecule has 0 unspecified atom stereocenters. The van der Waals surface area contributed by atoms with Crippen LogP contribution < -0.4 is 4.90 Å². The zero-order chi connectivity index (χ0) is 18.1. The van der Waals surface area contributed by atoms with Crippen LogP contribution in [0.25, 0.3) is 22.8 Å². The average molecular weight is 359 g/mol. The van der Waals surface area contributed by atoms with E-state index in [1.165, 1.54) is 0 Å². The van der Waals surface area contributed by atoms with Gasteiger partial charge in [-0.15, -0.1) is 0 Å². The molecule has 134 valence electrons. The summed E-state index contributed by atoms with van der Waals surface area (Å²) in [5.41, 5.74) is 1.85. The van der Waals surface area contributed by atoms with Crippen molar-refractivity contribution in [3.63, 3.8) is 0 Å². The molecule has 1 aromatic carbocycles. The summed E-state index contributed by atoms with van der Waals surface area (Å²) in [7, 11) is 0. The quantitative estimate of drug-likeness (QED) is 0.555. The lowest BCUT2D eigenvalue weighted by atomic mass is 10.2. The number of benzene rings is 1. The fourth-order valence-corrected chi connectivity index (χ4v) is 3.16. The van der Waals surface area contributed by atoms with Gasteiger partial charge in [0.15, 0.2) is 5.82 Å². The predicted molar refractivity (Wildman–Crippen MR) is 98.9 cm³/mol. The number of hydrogen-bond donors (Lipinski definition) is 0. The lowest BCUT2D eigenvalue weighted by molar-refractivity contribution is 0.429. The van der Waals surface area contributed by atoms with E-state index in [-0.39, 0.29) is 0 Å². The standard InChI is InChI=1S/C19H17N7O/c1-2-5-14(6-3-1)18-22-19(24-27-18)25-10-8-16-21-17(23-26(16)12-11-25)15-7-4-9-20-13-15/h1-7,9,13H,8,10-12H2. The Hall–Kier alpha value is -3.55. The summed E-state index contributed by atoms with van der Waals surface area (Å²) in [6.07, 6.45) is 4.30. The van der Waals surface area contributed by atoms with E-state index < -0.39 is 0 Å². The van der Waals surface area contributed by atoms with Crippen molar-refractivity contribution in [2.24, 2.45) is 0 Å². The van der Waals surface area contributed by atoms with Crippen LogP contribution in [-0.4, -0.2) is 43.0 Å². The number of hydrogen-bond acceptors (Lipinski definition) is 7. The van der Waals surface area contributed by atoms with E-state index in [0.717, 1.165) is 48.8 Å². The van der Waals surface area contributed by atoms with Gasteiger partial charge in [0.25, 0.3) is 11.8 Å². The second-order valence-corrected chi connectivity index (χ2v) is 6.32. The van der Waals surface area contributed by atoms with Crippen molar-refractivity contribution >= 4 is 5.95 Å². The van der Waals surface area contributed by atoms with Crippen molar-refractivity contribution in [2.75, 3.05) is 18.0 Å². The van der Waals surface area contributed by atoms with Crippen molar-refractivity contribution in [2.45, 2.75) is 13.0 Å². The summed E-state index contributed by atoms with van der Waals surface area (Å²) in [6, 6.07) is 13.6. The Morgan fingerprint density at radius 2 is 1.78 bits per heavy atom. The molecule has 3 aromatic heterocycles. The summed E-state index contributed by atoms with van der Waals surface area (Å²) in [6.45, 7) is 2.23. The maximum atomic E-state index is 5.43. The smallest absolute Gasteiger partial charge is 0.266 e. The first-order valence-electron chi connectivity index (χ1n) is 8.85. The van der Waals surface area contributed by atoms with E-state index in [1.807, 2.05) is 47.1 Å². The molecule has 0 spiro atoms. The van der Waals surface area contributed by atoms with Crippen LogP contribution in [0.2, 0.25) is 0 Å². The average Bonchev–Trinajstić information content (AvgIpc) is 3.33. The molecule has 8 heteroatoms. The molecule has 0 fully saturated rings. The minimum Gasteiger partial charge on any atom is -0.336 e. The number of fused-ring (bicyclic) bond motifs is 1. The molecular weight excluding hydrogens is 342 g/mol. The summed E-state index contributed by atoms with van der Waals surface area (Å²) in [5, 5.41) is 8.79. The molecule has 4 heterocycles. The van der Waals surface area contributed by atoms with Crippen LogP contribution in [0.4, 0.5) is 5.95 Å². The zero-order valence-corrected chi connectivity index (χ0v) is 14.6. The number of rotatable bonds is 3. The number of nitrogens with zero attached hydrogens (tertiary/aromatic N) is 7. The number of anilines is 1. The SMILES string of the molecule is c1ccc(-c2nc(N3CCc4nc(-c5cccnc5)nn4CC3)no2)cc1. The van der Waals surface area contributed by atoms with Crippen LogP contribution in [0.5, 0.6) is 0 Å². The monoisotopic (exact) mass is 359 g/mol. The molecule has 4 aromatic rings. The molecule has 0 saturated carbocycles. The van der Waals surface area contributed by atoms with E-state index >= 15 is 0 Å². The Labute approximate surface area is 155 Å². The van der Waals surface area contributed by atoms with Crippen LogP contribution in [0.1, 0.15) is 5.82 Å². The second-order valence-electron chi connectivity index (χ2n) is 6.32. The highest BCUT2D eigenvalue weighted by Gasteiger charge is 2.21. The summed E-state index contributed by atoms with van der Waals surface area (Å²) in [4.78, 5) is 15.5. The van der Waals surface area contributed by atoms with Gasteiger partial charge in [0.05, 0.1) is 6.54 Å². The topological polar surface area (TPSA) is 85.8 Å². The first kappa shape index (κ1) is 15.7. The highest BCUT2D eigenvalue weighted by molar-refractivity contribution is 5.54. The summed E-state index contributed by atoms with van der Waals surface area (Å²) >= 11 is 0. The third-order valence-corrected chi connectivity index (χ3v) is 4.57. The second kappa shape index (κ2) is 6.64. The van der Waals surface area contributed by atoms with Gasteiger partial charge in [0.1, 0.15) is 5.82 Å². The van der Waals surface area contributed by atoms with Gasteiger partial charge in [-0.25, -0.2) is 9.67 Å². The van der Waals surface area contributed by atoms with Crippen molar-refractivity contribution in [1.82, 2.24) is 29.9 Å². The molecule has 27 heavy (non-hydrogen) atoms. The highest BCUT2D eigenvalue weighted by Crippen LogP contribution is 2.22. The van der Waals surface area contributed by atoms with Gasteiger partial charge in [-0.3, -0.25) is 4.98 Å². The van der Waals surface area contributed by atoms with Crippen LogP contribution in [0.15, 0.2) is 59.4 Å². The lowest BCUT2D eigenvalue weighted by Crippen LogP contribution is -2.27. The molecule has 0 atom stereocenters. The minimum absolute atomic E-state index is 0.532. The fourth-order valence-electron chi connectivity index (χ4n) is 3.16. The molecule has 0 saturated heterocycles. The Kier molecular flexibility index (Phi) is 3.86. The molecule has 0 aliphatic carbocycles. The first-order valence-corrected chi connectivity index (χ1v) is 8.85. The van der Waals surface area contributed by atoms with Crippen LogP contribution >= 0.6 is 0 Å². The van der Waals surface area contributed by atoms with Gasteiger partial charge in [-0.2, -0.15) is 10.1 Å². The normalized spacial score (nSPS) is 14.0. The first-order chi connectivity index (χ1) is 13.4. The summed E-state index contributed by atoms with van der Waals surface area (Å²) in [5.74, 6) is 2.82. The van der Waals surface area contributed by atoms with Crippen molar-refractivity contribution in [1.29, 1.82) is 0 Å².